The lowest BCUT2D eigenvalue weighted by atomic mass is 9.99. The quantitative estimate of drug-likeness (QED) is 0.866. The van der Waals surface area contributed by atoms with Gasteiger partial charge in [0.1, 0.15) is 0 Å². The molecule has 0 radical (unpaired) electrons. The Bertz CT molecular complexity index is 852. The molecule has 0 aliphatic carbocycles. The van der Waals surface area contributed by atoms with E-state index in [1.54, 1.807) is 4.90 Å². The molecule has 2 atom stereocenters. The maximum absolute atomic E-state index is 12.8. The van der Waals surface area contributed by atoms with E-state index in [2.05, 4.69) is 34.5 Å². The Morgan fingerprint density at radius 2 is 1.93 bits per heavy atom. The number of carbonyl (C=O) groups is 2. The van der Waals surface area contributed by atoms with E-state index >= 15 is 0 Å². The van der Waals surface area contributed by atoms with Gasteiger partial charge in [-0.1, -0.05) is 36.4 Å². The molecule has 5 heteroatoms. The summed E-state index contributed by atoms with van der Waals surface area (Å²) in [5, 5.41) is 3.03. The van der Waals surface area contributed by atoms with Crippen LogP contribution in [-0.2, 0) is 9.59 Å². The van der Waals surface area contributed by atoms with Gasteiger partial charge in [0.15, 0.2) is 0 Å². The summed E-state index contributed by atoms with van der Waals surface area (Å²) < 4.78 is 0. The van der Waals surface area contributed by atoms with Gasteiger partial charge >= 0.3 is 0 Å². The summed E-state index contributed by atoms with van der Waals surface area (Å²) in [6.45, 7) is 4.55. The van der Waals surface area contributed by atoms with Crippen molar-refractivity contribution in [2.75, 3.05) is 29.9 Å². The number of likely N-dealkylation sites (tertiary alicyclic amines) is 1. The highest BCUT2D eigenvalue weighted by Crippen LogP contribution is 2.29. The third kappa shape index (κ3) is 3.94. The molecule has 0 unspecified atom stereocenters. The average molecular weight is 377 g/mol. The van der Waals surface area contributed by atoms with Gasteiger partial charge < -0.3 is 10.2 Å². The molecule has 2 amide bonds. The molecule has 2 fully saturated rings. The number of nitrogens with one attached hydrogen (secondary N) is 1. The van der Waals surface area contributed by atoms with Crippen LogP contribution in [0.4, 0.5) is 11.4 Å². The summed E-state index contributed by atoms with van der Waals surface area (Å²) in [5.41, 5.74) is 2.95. The van der Waals surface area contributed by atoms with Crippen molar-refractivity contribution in [3.05, 3.63) is 60.2 Å². The van der Waals surface area contributed by atoms with E-state index in [1.165, 1.54) is 5.56 Å². The Kier molecular flexibility index (Phi) is 5.44. The molecule has 146 valence electrons. The minimum Gasteiger partial charge on any atom is -0.325 e. The molecule has 4 rings (SSSR count). The zero-order valence-corrected chi connectivity index (χ0v) is 16.3. The Labute approximate surface area is 166 Å². The number of hydrogen-bond donors (Lipinski definition) is 1. The van der Waals surface area contributed by atoms with Gasteiger partial charge in [-0.05, 0) is 56.0 Å². The second-order valence-electron chi connectivity index (χ2n) is 7.76. The first kappa shape index (κ1) is 18.7. The minimum atomic E-state index is -0.189. The number of rotatable bonds is 5. The number of hydrogen-bond acceptors (Lipinski definition) is 3. The molecule has 5 nitrogen and oxygen atoms in total. The van der Waals surface area contributed by atoms with Gasteiger partial charge in [-0.25, -0.2) is 0 Å². The first-order valence-electron chi connectivity index (χ1n) is 10.1. The molecule has 2 aromatic carbocycles. The molecule has 0 spiro atoms. The third-order valence-corrected chi connectivity index (χ3v) is 5.92. The van der Waals surface area contributed by atoms with Gasteiger partial charge in [0.05, 0.1) is 6.04 Å². The molecule has 28 heavy (non-hydrogen) atoms. The number of carbonyl (C=O) groups excluding carboxylic acids is 2. The van der Waals surface area contributed by atoms with Crippen LogP contribution >= 0.6 is 0 Å². The van der Waals surface area contributed by atoms with Crippen molar-refractivity contribution in [2.24, 2.45) is 0 Å². The normalized spacial score (nSPS) is 21.1. The molecule has 2 aliphatic heterocycles. The minimum absolute atomic E-state index is 0.00129. The fourth-order valence-electron chi connectivity index (χ4n) is 4.22. The third-order valence-electron chi connectivity index (χ3n) is 5.92. The predicted octanol–water partition coefficient (Wildman–Crippen LogP) is 3.63. The molecule has 2 aromatic rings. The van der Waals surface area contributed by atoms with Gasteiger partial charge in [0.2, 0.25) is 11.8 Å². The second kappa shape index (κ2) is 8.15. The van der Waals surface area contributed by atoms with Gasteiger partial charge in [0, 0.05) is 30.9 Å². The van der Waals surface area contributed by atoms with E-state index in [4.69, 9.17) is 0 Å². The van der Waals surface area contributed by atoms with Crippen LogP contribution in [0, 0.1) is 0 Å². The van der Waals surface area contributed by atoms with Crippen LogP contribution in [0.5, 0.6) is 0 Å². The molecule has 2 aliphatic rings. The Morgan fingerprint density at radius 3 is 2.68 bits per heavy atom. The predicted molar refractivity (Wildman–Crippen MR) is 111 cm³/mol. The summed E-state index contributed by atoms with van der Waals surface area (Å²) in [6, 6.07) is 17.9. The number of anilines is 2. The lowest BCUT2D eigenvalue weighted by Crippen LogP contribution is -2.40. The lowest BCUT2D eigenvalue weighted by Gasteiger charge is -2.24. The fourth-order valence-corrected chi connectivity index (χ4v) is 4.22. The van der Waals surface area contributed by atoms with Crippen LogP contribution in [0.25, 0.3) is 0 Å². The van der Waals surface area contributed by atoms with Crippen LogP contribution in [0.3, 0.4) is 0 Å². The van der Waals surface area contributed by atoms with Crippen molar-refractivity contribution >= 4 is 23.2 Å². The van der Waals surface area contributed by atoms with Gasteiger partial charge in [-0.2, -0.15) is 0 Å². The highest BCUT2D eigenvalue weighted by atomic mass is 16.2. The standard InChI is InChI=1S/C23H27N3O2/c1-17(25-14-12-19(16-25)18-7-3-2-4-8-18)23(28)24-20-9-5-10-21(15-20)26-13-6-11-22(26)27/h2-5,7-10,15,17,19H,6,11-14,16H2,1H3,(H,24,28)/t17-,19+/m0/s1. The summed E-state index contributed by atoms with van der Waals surface area (Å²) in [5.74, 6) is 0.639. The summed E-state index contributed by atoms with van der Waals surface area (Å²) >= 11 is 0. The van der Waals surface area contributed by atoms with Crippen molar-refractivity contribution in [3.8, 4) is 0 Å². The molecule has 0 saturated carbocycles. The van der Waals surface area contributed by atoms with Gasteiger partial charge in [0.25, 0.3) is 0 Å². The Hall–Kier alpha value is -2.66. The van der Waals surface area contributed by atoms with Crippen molar-refractivity contribution in [2.45, 2.75) is 38.1 Å². The van der Waals surface area contributed by atoms with Crippen LogP contribution in [0.15, 0.2) is 54.6 Å². The van der Waals surface area contributed by atoms with E-state index in [0.29, 0.717) is 12.3 Å². The second-order valence-corrected chi connectivity index (χ2v) is 7.76. The molecule has 1 N–H and O–H groups in total. The van der Waals surface area contributed by atoms with E-state index < -0.39 is 0 Å². The highest BCUT2D eigenvalue weighted by molar-refractivity contribution is 5.98. The maximum atomic E-state index is 12.8. The van der Waals surface area contributed by atoms with E-state index in [-0.39, 0.29) is 17.9 Å². The average Bonchev–Trinajstić information content (AvgIpc) is 3.37. The molecule has 0 bridgehead atoms. The first-order valence-corrected chi connectivity index (χ1v) is 10.1. The molecular weight excluding hydrogens is 350 g/mol. The van der Waals surface area contributed by atoms with E-state index in [0.717, 1.165) is 43.9 Å². The van der Waals surface area contributed by atoms with Crippen molar-refractivity contribution in [1.29, 1.82) is 0 Å². The molecule has 2 heterocycles. The zero-order valence-electron chi connectivity index (χ0n) is 16.3. The SMILES string of the molecule is C[C@@H](C(=O)Nc1cccc(N2CCCC2=O)c1)N1CC[C@@H](c2ccccc2)C1. The van der Waals surface area contributed by atoms with Crippen LogP contribution in [0.1, 0.15) is 37.7 Å². The summed E-state index contributed by atoms with van der Waals surface area (Å²) in [7, 11) is 0. The first-order chi connectivity index (χ1) is 13.6. The summed E-state index contributed by atoms with van der Waals surface area (Å²) in [4.78, 5) is 28.8. The fraction of sp³-hybridized carbons (Fsp3) is 0.391. The van der Waals surface area contributed by atoms with Crippen molar-refractivity contribution in [1.82, 2.24) is 4.90 Å². The van der Waals surface area contributed by atoms with Crippen LogP contribution in [-0.4, -0.2) is 42.4 Å². The monoisotopic (exact) mass is 377 g/mol. The Morgan fingerprint density at radius 1 is 1.11 bits per heavy atom. The van der Waals surface area contributed by atoms with E-state index in [1.807, 2.05) is 37.3 Å². The number of amides is 2. The van der Waals surface area contributed by atoms with Gasteiger partial charge in [-0.3, -0.25) is 14.5 Å². The lowest BCUT2D eigenvalue weighted by molar-refractivity contribution is -0.120. The smallest absolute Gasteiger partial charge is 0.241 e. The molecular formula is C23H27N3O2. The zero-order chi connectivity index (χ0) is 19.5. The van der Waals surface area contributed by atoms with Gasteiger partial charge in [-0.15, -0.1) is 0 Å². The summed E-state index contributed by atoms with van der Waals surface area (Å²) in [6.07, 6.45) is 2.57. The molecule has 2 saturated heterocycles. The van der Waals surface area contributed by atoms with Crippen LogP contribution in [0.2, 0.25) is 0 Å². The molecule has 0 aromatic heterocycles. The van der Waals surface area contributed by atoms with Crippen LogP contribution < -0.4 is 10.2 Å². The number of benzene rings is 2. The van der Waals surface area contributed by atoms with Crippen molar-refractivity contribution < 1.29 is 9.59 Å². The van der Waals surface area contributed by atoms with E-state index in [9.17, 15) is 9.59 Å². The van der Waals surface area contributed by atoms with Crippen molar-refractivity contribution in [3.63, 3.8) is 0 Å². The topological polar surface area (TPSA) is 52.7 Å². The number of nitrogens with zero attached hydrogens (tertiary/aromatic N) is 2. The highest BCUT2D eigenvalue weighted by Gasteiger charge is 2.30. The Balaban J connectivity index is 1.38. The largest absolute Gasteiger partial charge is 0.325 e. The maximum Gasteiger partial charge on any atom is 0.241 e.